The van der Waals surface area contributed by atoms with E-state index in [1.165, 1.54) is 6.92 Å². The zero-order chi connectivity index (χ0) is 11.6. The van der Waals surface area contributed by atoms with Gasteiger partial charge in [-0.25, -0.2) is 0 Å². The Morgan fingerprint density at radius 3 is 2.14 bits per heavy atom. The van der Waals surface area contributed by atoms with Gasteiger partial charge < -0.3 is 4.90 Å². The molecule has 0 bridgehead atoms. The molecule has 0 aliphatic heterocycles. The van der Waals surface area contributed by atoms with Crippen molar-refractivity contribution >= 4 is 18.5 Å². The standard InChI is InChI=1S/C10H15NO.CH4S/c1-5-8-10(6-2)11(7-3)9(4)12;1-2/h5-6,8H,1-2,7H2,3-4H3;2H,1H3/b10-8+;. The predicted molar refractivity (Wildman–Crippen MR) is 66.4 cm³/mol. The second kappa shape index (κ2) is 10.1. The smallest absolute Gasteiger partial charge is 0.223 e. The number of amides is 1. The Labute approximate surface area is 92.4 Å². The molecule has 0 aromatic heterocycles. The fourth-order valence-corrected chi connectivity index (χ4v) is 0.976. The van der Waals surface area contributed by atoms with E-state index >= 15 is 0 Å². The molecule has 0 aromatic rings. The Morgan fingerprint density at radius 2 is 1.93 bits per heavy atom. The van der Waals surface area contributed by atoms with Gasteiger partial charge in [0.2, 0.25) is 5.91 Å². The van der Waals surface area contributed by atoms with Crippen LogP contribution in [0.4, 0.5) is 0 Å². The van der Waals surface area contributed by atoms with Gasteiger partial charge in [-0.3, -0.25) is 4.79 Å². The Morgan fingerprint density at radius 1 is 1.43 bits per heavy atom. The maximum absolute atomic E-state index is 11.1. The molecule has 0 aliphatic rings. The van der Waals surface area contributed by atoms with Crippen molar-refractivity contribution in [2.45, 2.75) is 13.8 Å². The third kappa shape index (κ3) is 5.65. The zero-order valence-electron chi connectivity index (χ0n) is 9.16. The van der Waals surface area contributed by atoms with Crippen LogP contribution in [-0.4, -0.2) is 23.6 Å². The lowest BCUT2D eigenvalue weighted by Gasteiger charge is -2.19. The first-order valence-corrected chi connectivity index (χ1v) is 5.24. The second-order valence-electron chi connectivity index (χ2n) is 2.29. The summed E-state index contributed by atoms with van der Waals surface area (Å²) in [5.41, 5.74) is 0.792. The molecule has 3 heteroatoms. The van der Waals surface area contributed by atoms with E-state index in [1.807, 2.05) is 6.92 Å². The minimum atomic E-state index is 0.0190. The van der Waals surface area contributed by atoms with Crippen molar-refractivity contribution in [3.05, 3.63) is 37.1 Å². The van der Waals surface area contributed by atoms with Crippen molar-refractivity contribution in [3.63, 3.8) is 0 Å². The number of hydrogen-bond acceptors (Lipinski definition) is 2. The molecule has 0 rings (SSSR count). The van der Waals surface area contributed by atoms with Crippen LogP contribution in [0.3, 0.4) is 0 Å². The third-order valence-corrected chi connectivity index (χ3v) is 1.51. The number of carbonyl (C=O) groups is 1. The zero-order valence-corrected chi connectivity index (χ0v) is 10.1. The average molecular weight is 213 g/mol. The van der Waals surface area contributed by atoms with Crippen LogP contribution in [0.5, 0.6) is 0 Å². The van der Waals surface area contributed by atoms with Crippen LogP contribution in [0.2, 0.25) is 0 Å². The topological polar surface area (TPSA) is 20.3 Å². The minimum Gasteiger partial charge on any atom is -0.313 e. The lowest BCUT2D eigenvalue weighted by Crippen LogP contribution is -2.26. The van der Waals surface area contributed by atoms with Crippen LogP contribution in [0.25, 0.3) is 0 Å². The fraction of sp³-hybridized carbons (Fsp3) is 0.364. The van der Waals surface area contributed by atoms with Gasteiger partial charge in [-0.1, -0.05) is 19.2 Å². The summed E-state index contributed by atoms with van der Waals surface area (Å²) >= 11 is 3.53. The molecule has 0 radical (unpaired) electrons. The summed E-state index contributed by atoms with van der Waals surface area (Å²) in [4.78, 5) is 12.7. The van der Waals surface area contributed by atoms with E-state index in [1.54, 1.807) is 29.4 Å². The highest BCUT2D eigenvalue weighted by molar-refractivity contribution is 7.79. The molecular weight excluding hydrogens is 194 g/mol. The number of likely N-dealkylation sites (N-methyl/N-ethyl adjacent to an activating group) is 1. The molecule has 0 N–H and O–H groups in total. The first-order valence-electron chi connectivity index (χ1n) is 4.35. The van der Waals surface area contributed by atoms with E-state index in [9.17, 15) is 4.79 Å². The Hall–Kier alpha value is -0.960. The van der Waals surface area contributed by atoms with E-state index in [4.69, 9.17) is 0 Å². The molecule has 0 spiro atoms. The van der Waals surface area contributed by atoms with E-state index in [0.29, 0.717) is 6.54 Å². The largest absolute Gasteiger partial charge is 0.313 e. The number of rotatable bonds is 4. The highest BCUT2D eigenvalue weighted by Crippen LogP contribution is 2.05. The molecule has 0 aliphatic carbocycles. The van der Waals surface area contributed by atoms with Crippen molar-refractivity contribution in [2.24, 2.45) is 0 Å². The van der Waals surface area contributed by atoms with Gasteiger partial charge in [0, 0.05) is 19.2 Å². The molecule has 2 nitrogen and oxygen atoms in total. The quantitative estimate of drug-likeness (QED) is 0.562. The van der Waals surface area contributed by atoms with Crippen molar-refractivity contribution in [1.29, 1.82) is 0 Å². The van der Waals surface area contributed by atoms with Crippen LogP contribution >= 0.6 is 12.6 Å². The van der Waals surface area contributed by atoms with Crippen LogP contribution in [0.15, 0.2) is 37.1 Å². The second-order valence-corrected chi connectivity index (χ2v) is 2.29. The maximum atomic E-state index is 11.1. The van der Waals surface area contributed by atoms with E-state index in [2.05, 4.69) is 25.8 Å². The molecule has 0 fully saturated rings. The summed E-state index contributed by atoms with van der Waals surface area (Å²) in [5, 5.41) is 0. The summed E-state index contributed by atoms with van der Waals surface area (Å²) < 4.78 is 0. The molecule has 14 heavy (non-hydrogen) atoms. The Kier molecular flexibility index (Phi) is 11.2. The molecule has 1 amide bonds. The van der Waals surface area contributed by atoms with Crippen molar-refractivity contribution in [1.82, 2.24) is 4.90 Å². The Bertz CT molecular complexity index is 221. The molecule has 0 aromatic carbocycles. The minimum absolute atomic E-state index is 0.0190. The summed E-state index contributed by atoms with van der Waals surface area (Å²) in [7, 11) is 0. The number of allylic oxidation sites excluding steroid dienone is 3. The van der Waals surface area contributed by atoms with Crippen LogP contribution < -0.4 is 0 Å². The first-order chi connectivity index (χ1) is 6.67. The normalized spacial score (nSPS) is 9.57. The molecule has 0 unspecified atom stereocenters. The average Bonchev–Trinajstić information content (AvgIpc) is 2.20. The van der Waals surface area contributed by atoms with E-state index < -0.39 is 0 Å². The summed E-state index contributed by atoms with van der Waals surface area (Å²) in [6, 6.07) is 0. The summed E-state index contributed by atoms with van der Waals surface area (Å²) in [6.07, 6.45) is 6.74. The Balaban J connectivity index is 0. The monoisotopic (exact) mass is 213 g/mol. The SMILES string of the molecule is C=C/C=C(\C=C)N(CC)C(C)=O.CS. The van der Waals surface area contributed by atoms with Gasteiger partial charge in [-0.05, 0) is 25.3 Å². The third-order valence-electron chi connectivity index (χ3n) is 1.51. The number of nitrogens with zero attached hydrogens (tertiary/aromatic N) is 1. The lowest BCUT2D eigenvalue weighted by molar-refractivity contribution is -0.126. The van der Waals surface area contributed by atoms with Crippen molar-refractivity contribution < 1.29 is 4.79 Å². The molecule has 0 saturated carbocycles. The molecule has 80 valence electrons. The number of hydrogen-bond donors (Lipinski definition) is 1. The first kappa shape index (κ1) is 15.5. The molecule has 0 atom stereocenters. The van der Waals surface area contributed by atoms with Gasteiger partial charge >= 0.3 is 0 Å². The number of thiol groups is 1. The molecule has 0 heterocycles. The van der Waals surface area contributed by atoms with Crippen LogP contribution in [0.1, 0.15) is 13.8 Å². The lowest BCUT2D eigenvalue weighted by atomic mass is 10.3. The van der Waals surface area contributed by atoms with Gasteiger partial charge in [0.05, 0.1) is 0 Å². The van der Waals surface area contributed by atoms with Crippen molar-refractivity contribution in [3.8, 4) is 0 Å². The van der Waals surface area contributed by atoms with Gasteiger partial charge in [-0.2, -0.15) is 12.6 Å². The van der Waals surface area contributed by atoms with Gasteiger partial charge in [0.25, 0.3) is 0 Å². The highest BCUT2D eigenvalue weighted by atomic mass is 32.1. The van der Waals surface area contributed by atoms with E-state index in [-0.39, 0.29) is 5.91 Å². The molecule has 0 saturated heterocycles. The maximum Gasteiger partial charge on any atom is 0.223 e. The fourth-order valence-electron chi connectivity index (χ4n) is 0.976. The summed E-state index contributed by atoms with van der Waals surface area (Å²) in [5.74, 6) is 0.0190. The van der Waals surface area contributed by atoms with Gasteiger partial charge in [0.1, 0.15) is 0 Å². The van der Waals surface area contributed by atoms with Crippen LogP contribution in [0, 0.1) is 0 Å². The summed E-state index contributed by atoms with van der Waals surface area (Å²) in [6.45, 7) is 11.3. The van der Waals surface area contributed by atoms with Crippen LogP contribution in [-0.2, 0) is 4.79 Å². The van der Waals surface area contributed by atoms with Gasteiger partial charge in [-0.15, -0.1) is 0 Å². The number of carbonyl (C=O) groups excluding carboxylic acids is 1. The van der Waals surface area contributed by atoms with E-state index in [0.717, 1.165) is 5.70 Å². The highest BCUT2D eigenvalue weighted by Gasteiger charge is 2.07. The molecular formula is C11H19NOS. The van der Waals surface area contributed by atoms with Gasteiger partial charge in [0.15, 0.2) is 0 Å². The predicted octanol–water partition coefficient (Wildman–Crippen LogP) is 2.66. The van der Waals surface area contributed by atoms with Crippen molar-refractivity contribution in [2.75, 3.05) is 12.8 Å².